The number of aryl methyl sites for hydroxylation is 2. The molecule has 1 N–H and O–H groups in total. The number of H-pyrrole nitrogens is 1. The zero-order valence-corrected chi connectivity index (χ0v) is 15.5. The van der Waals surface area contributed by atoms with Gasteiger partial charge in [0.25, 0.3) is 0 Å². The molecule has 26 heavy (non-hydrogen) atoms. The van der Waals surface area contributed by atoms with E-state index in [1.807, 2.05) is 24.3 Å². The van der Waals surface area contributed by atoms with Crippen LogP contribution in [-0.4, -0.2) is 36.2 Å². The van der Waals surface area contributed by atoms with E-state index in [1.54, 1.807) is 21.0 Å². The maximum Gasteiger partial charge on any atom is 0.306 e. The second-order valence-corrected chi connectivity index (χ2v) is 6.11. The third-order valence-corrected chi connectivity index (χ3v) is 4.21. The van der Waals surface area contributed by atoms with E-state index in [1.165, 1.54) is 6.92 Å². The summed E-state index contributed by atoms with van der Waals surface area (Å²) in [7, 11) is 1.59. The molecule has 1 heterocycles. The Kier molecular flexibility index (Phi) is 6.33. The largest absolute Gasteiger partial charge is 0.497 e. The molecule has 0 aliphatic heterocycles. The number of hydrogen-bond acceptors (Lipinski definition) is 5. The third-order valence-electron chi connectivity index (χ3n) is 4.21. The lowest BCUT2D eigenvalue weighted by molar-refractivity contribution is -0.142. The molecule has 6 nitrogen and oxygen atoms in total. The fourth-order valence-electron chi connectivity index (χ4n) is 2.89. The Morgan fingerprint density at radius 3 is 2.27 bits per heavy atom. The van der Waals surface area contributed by atoms with Gasteiger partial charge < -0.3 is 14.5 Å². The van der Waals surface area contributed by atoms with Gasteiger partial charge in [0.15, 0.2) is 12.4 Å². The second-order valence-electron chi connectivity index (χ2n) is 6.11. The van der Waals surface area contributed by atoms with Gasteiger partial charge in [0, 0.05) is 17.7 Å². The third kappa shape index (κ3) is 4.59. The van der Waals surface area contributed by atoms with Crippen molar-refractivity contribution < 1.29 is 23.9 Å². The van der Waals surface area contributed by atoms with Gasteiger partial charge in [-0.05, 0) is 50.5 Å². The van der Waals surface area contributed by atoms with E-state index in [0.717, 1.165) is 11.3 Å². The van der Waals surface area contributed by atoms with Crippen LogP contribution < -0.4 is 4.74 Å². The number of carbonyl (C=O) groups excluding carboxylic acids is 3. The van der Waals surface area contributed by atoms with Crippen molar-refractivity contribution in [2.24, 2.45) is 0 Å². The van der Waals surface area contributed by atoms with Gasteiger partial charge in [0.2, 0.25) is 5.78 Å². The molecule has 0 bridgehead atoms. The Labute approximate surface area is 152 Å². The van der Waals surface area contributed by atoms with E-state index in [4.69, 9.17) is 9.47 Å². The monoisotopic (exact) mass is 357 g/mol. The van der Waals surface area contributed by atoms with Gasteiger partial charge in [-0.1, -0.05) is 12.1 Å². The van der Waals surface area contributed by atoms with Gasteiger partial charge in [-0.3, -0.25) is 14.4 Å². The fourth-order valence-corrected chi connectivity index (χ4v) is 2.89. The van der Waals surface area contributed by atoms with Crippen LogP contribution in [0.5, 0.6) is 5.75 Å². The van der Waals surface area contributed by atoms with Gasteiger partial charge in [0.1, 0.15) is 5.75 Å². The number of aromatic amines is 1. The molecule has 1 aromatic carbocycles. The predicted molar refractivity (Wildman–Crippen MR) is 96.9 cm³/mol. The molecular formula is C20H23NO5. The maximum atomic E-state index is 12.3. The number of esters is 1. The van der Waals surface area contributed by atoms with Crippen molar-refractivity contribution in [3.8, 4) is 5.75 Å². The van der Waals surface area contributed by atoms with Crippen LogP contribution in [-0.2, 0) is 16.0 Å². The zero-order valence-electron chi connectivity index (χ0n) is 15.5. The highest BCUT2D eigenvalue weighted by Gasteiger charge is 2.20. The van der Waals surface area contributed by atoms with E-state index in [-0.39, 0.29) is 24.6 Å². The first-order valence-electron chi connectivity index (χ1n) is 8.35. The minimum atomic E-state index is -0.443. The van der Waals surface area contributed by atoms with Crippen LogP contribution in [0, 0.1) is 13.8 Å². The quantitative estimate of drug-likeness (QED) is 0.579. The number of carbonyl (C=O) groups is 3. The number of benzene rings is 1. The Bertz CT molecular complexity index is 817. The first-order valence-corrected chi connectivity index (χ1v) is 8.35. The summed E-state index contributed by atoms with van der Waals surface area (Å²) in [6.45, 7) is 4.55. The van der Waals surface area contributed by atoms with E-state index in [2.05, 4.69) is 4.98 Å². The van der Waals surface area contributed by atoms with Crippen molar-refractivity contribution in [3.63, 3.8) is 0 Å². The lowest BCUT2D eigenvalue weighted by Crippen LogP contribution is -2.15. The Morgan fingerprint density at radius 1 is 1.08 bits per heavy atom. The molecule has 0 saturated carbocycles. The van der Waals surface area contributed by atoms with Crippen LogP contribution >= 0.6 is 0 Å². The van der Waals surface area contributed by atoms with Crippen LogP contribution in [0.4, 0.5) is 0 Å². The molecule has 0 fully saturated rings. The zero-order chi connectivity index (χ0) is 19.3. The van der Waals surface area contributed by atoms with Crippen LogP contribution in [0.25, 0.3) is 0 Å². The summed E-state index contributed by atoms with van der Waals surface area (Å²) >= 11 is 0. The Morgan fingerprint density at radius 2 is 1.73 bits per heavy atom. The number of methoxy groups -OCH3 is 1. The summed E-state index contributed by atoms with van der Waals surface area (Å²) in [5.41, 5.74) is 3.05. The summed E-state index contributed by atoms with van der Waals surface area (Å²) in [5, 5.41) is 0. The number of nitrogens with one attached hydrogen (secondary N) is 1. The molecule has 0 radical (unpaired) electrons. The summed E-state index contributed by atoms with van der Waals surface area (Å²) in [5.74, 6) is -0.145. The molecule has 0 unspecified atom stereocenters. The van der Waals surface area contributed by atoms with Crippen molar-refractivity contribution in [1.29, 1.82) is 0 Å². The number of Topliss-reactive ketones (excluding diaryl/α,β-unsaturated/α-hetero) is 2. The minimum Gasteiger partial charge on any atom is -0.497 e. The van der Waals surface area contributed by atoms with Crippen molar-refractivity contribution in [3.05, 3.63) is 52.3 Å². The van der Waals surface area contributed by atoms with Gasteiger partial charge in [-0.15, -0.1) is 0 Å². The lowest BCUT2D eigenvalue weighted by Gasteiger charge is -2.05. The number of aromatic nitrogens is 1. The molecule has 0 aliphatic carbocycles. The van der Waals surface area contributed by atoms with Crippen molar-refractivity contribution in [2.75, 3.05) is 13.7 Å². The highest BCUT2D eigenvalue weighted by atomic mass is 16.5. The topological polar surface area (TPSA) is 85.5 Å². The molecule has 2 rings (SSSR count). The molecule has 138 valence electrons. The average Bonchev–Trinajstić information content (AvgIpc) is 2.92. The van der Waals surface area contributed by atoms with Crippen molar-refractivity contribution >= 4 is 17.5 Å². The normalized spacial score (nSPS) is 10.5. The van der Waals surface area contributed by atoms with Gasteiger partial charge in [-0.25, -0.2) is 0 Å². The highest BCUT2D eigenvalue weighted by Crippen LogP contribution is 2.19. The molecule has 2 aromatic rings. The number of ether oxygens (including phenoxy) is 2. The molecule has 6 heteroatoms. The maximum absolute atomic E-state index is 12.3. The van der Waals surface area contributed by atoms with E-state index in [9.17, 15) is 14.4 Å². The highest BCUT2D eigenvalue weighted by molar-refractivity contribution is 6.04. The Hall–Kier alpha value is -2.89. The van der Waals surface area contributed by atoms with E-state index < -0.39 is 5.97 Å². The molecule has 1 aromatic heterocycles. The van der Waals surface area contributed by atoms with E-state index >= 15 is 0 Å². The molecule has 0 spiro atoms. The molecule has 0 amide bonds. The number of rotatable bonds is 8. The lowest BCUT2D eigenvalue weighted by atomic mass is 10.1. The predicted octanol–water partition coefficient (Wildman–Crippen LogP) is 3.20. The van der Waals surface area contributed by atoms with Crippen LogP contribution in [0.15, 0.2) is 24.3 Å². The van der Waals surface area contributed by atoms with Gasteiger partial charge in [0.05, 0.1) is 12.8 Å². The van der Waals surface area contributed by atoms with Gasteiger partial charge >= 0.3 is 5.97 Å². The van der Waals surface area contributed by atoms with Crippen LogP contribution in [0.2, 0.25) is 0 Å². The van der Waals surface area contributed by atoms with Crippen LogP contribution in [0.1, 0.15) is 51.0 Å². The number of hydrogen-bond donors (Lipinski definition) is 1. The van der Waals surface area contributed by atoms with Gasteiger partial charge in [-0.2, -0.15) is 0 Å². The minimum absolute atomic E-state index is 0.105. The smallest absolute Gasteiger partial charge is 0.306 e. The SMILES string of the molecule is COc1ccc(CCC(=O)OCC(=O)c2[nH]c(C)c(C(C)=O)c2C)cc1. The average molecular weight is 357 g/mol. The number of ketones is 2. The molecule has 0 saturated heterocycles. The molecule has 0 aliphatic rings. The standard InChI is InChI=1S/C20H23NO5/c1-12-19(14(3)22)13(2)21-20(12)17(23)11-26-18(24)10-7-15-5-8-16(25-4)9-6-15/h5-6,8-9,21H,7,10-11H2,1-4H3. The summed E-state index contributed by atoms with van der Waals surface area (Å²) in [6.07, 6.45) is 0.702. The van der Waals surface area contributed by atoms with E-state index in [0.29, 0.717) is 28.9 Å². The summed E-state index contributed by atoms with van der Waals surface area (Å²) in [6, 6.07) is 7.41. The Balaban J connectivity index is 1.87. The second kappa shape index (κ2) is 8.47. The summed E-state index contributed by atoms with van der Waals surface area (Å²) < 4.78 is 10.2. The first kappa shape index (κ1) is 19.4. The molecular weight excluding hydrogens is 334 g/mol. The van der Waals surface area contributed by atoms with Crippen molar-refractivity contribution in [2.45, 2.75) is 33.6 Å². The molecule has 0 atom stereocenters. The fraction of sp³-hybridized carbons (Fsp3) is 0.350. The first-order chi connectivity index (χ1) is 12.3. The van der Waals surface area contributed by atoms with Crippen molar-refractivity contribution in [1.82, 2.24) is 4.98 Å². The summed E-state index contributed by atoms with van der Waals surface area (Å²) in [4.78, 5) is 38.7. The van der Waals surface area contributed by atoms with Crippen LogP contribution in [0.3, 0.4) is 0 Å².